The maximum atomic E-state index is 12.1. The molecule has 0 radical (unpaired) electrons. The summed E-state index contributed by atoms with van der Waals surface area (Å²) >= 11 is 1.28. The molecule has 0 aliphatic carbocycles. The van der Waals surface area contributed by atoms with Gasteiger partial charge in [-0.15, -0.1) is 0 Å². The first-order valence-corrected chi connectivity index (χ1v) is 8.66. The lowest BCUT2D eigenvalue weighted by Gasteiger charge is -2.15. The van der Waals surface area contributed by atoms with E-state index in [1.807, 2.05) is 4.72 Å². The molecule has 1 N–H and O–H groups in total. The lowest BCUT2D eigenvalue weighted by molar-refractivity contribution is -0.142. The molecule has 0 saturated carbocycles. The SMILES string of the molecule is CCC[C@H](C(=O)OCC)S(=O)(=O)NC(=O)c1ccsc1. The standard InChI is InChI=1S/C12H17NO5S2/c1-3-5-10(12(15)18-4-2)20(16,17)13-11(14)9-6-7-19-8-9/h6-8,10H,3-5H2,1-2H3,(H,13,14)/t10-/m1/s1. The van der Waals surface area contributed by atoms with Crippen molar-refractivity contribution in [2.24, 2.45) is 0 Å². The molecule has 0 fully saturated rings. The van der Waals surface area contributed by atoms with E-state index in [4.69, 9.17) is 4.74 Å². The molecule has 20 heavy (non-hydrogen) atoms. The van der Waals surface area contributed by atoms with Crippen molar-refractivity contribution in [1.82, 2.24) is 4.72 Å². The molecule has 0 bridgehead atoms. The van der Waals surface area contributed by atoms with Gasteiger partial charge in [-0.2, -0.15) is 11.3 Å². The Morgan fingerprint density at radius 2 is 2.10 bits per heavy atom. The molecule has 0 saturated heterocycles. The minimum atomic E-state index is -4.10. The van der Waals surface area contributed by atoms with Crippen LogP contribution < -0.4 is 4.72 Å². The van der Waals surface area contributed by atoms with Crippen LogP contribution in [0.3, 0.4) is 0 Å². The third-order valence-corrected chi connectivity index (χ3v) is 4.82. The number of carbonyl (C=O) groups is 2. The summed E-state index contributed by atoms with van der Waals surface area (Å²) in [6, 6.07) is 1.51. The van der Waals surface area contributed by atoms with Crippen LogP contribution in [0.1, 0.15) is 37.0 Å². The summed E-state index contributed by atoms with van der Waals surface area (Å²) in [5.74, 6) is -1.57. The third kappa shape index (κ3) is 4.31. The smallest absolute Gasteiger partial charge is 0.326 e. The molecule has 1 aromatic rings. The maximum Gasteiger partial charge on any atom is 0.326 e. The highest BCUT2D eigenvalue weighted by Crippen LogP contribution is 2.12. The van der Waals surface area contributed by atoms with Crippen LogP contribution in [0.25, 0.3) is 0 Å². The predicted octanol–water partition coefficient (Wildman–Crippen LogP) is 1.54. The first-order valence-electron chi connectivity index (χ1n) is 6.17. The molecule has 112 valence electrons. The zero-order valence-electron chi connectivity index (χ0n) is 11.3. The van der Waals surface area contributed by atoms with Crippen LogP contribution in [0.4, 0.5) is 0 Å². The number of carbonyl (C=O) groups excluding carboxylic acids is 2. The number of hydrogen-bond donors (Lipinski definition) is 1. The lowest BCUT2D eigenvalue weighted by atomic mass is 10.2. The van der Waals surface area contributed by atoms with Gasteiger partial charge in [0, 0.05) is 5.38 Å². The molecular weight excluding hydrogens is 302 g/mol. The van der Waals surface area contributed by atoms with Crippen molar-refractivity contribution in [2.75, 3.05) is 6.61 Å². The number of hydrogen-bond acceptors (Lipinski definition) is 6. The van der Waals surface area contributed by atoms with Crippen LogP contribution in [-0.2, 0) is 19.6 Å². The molecule has 0 aliphatic heterocycles. The van der Waals surface area contributed by atoms with Crippen molar-refractivity contribution in [3.8, 4) is 0 Å². The van der Waals surface area contributed by atoms with Crippen molar-refractivity contribution < 1.29 is 22.7 Å². The quantitative estimate of drug-likeness (QED) is 0.770. The van der Waals surface area contributed by atoms with Crippen LogP contribution in [0.5, 0.6) is 0 Å². The second kappa shape index (κ2) is 7.39. The summed E-state index contributed by atoms with van der Waals surface area (Å²) in [6.07, 6.45) is 0.585. The van der Waals surface area contributed by atoms with E-state index in [0.29, 0.717) is 6.42 Å². The number of esters is 1. The molecule has 1 aromatic heterocycles. The Bertz CT molecular complexity index is 550. The van der Waals surface area contributed by atoms with Gasteiger partial charge in [-0.1, -0.05) is 13.3 Å². The summed E-state index contributed by atoms with van der Waals surface area (Å²) in [5, 5.41) is 1.83. The van der Waals surface area contributed by atoms with Crippen LogP contribution in [-0.4, -0.2) is 32.2 Å². The van der Waals surface area contributed by atoms with Gasteiger partial charge in [0.05, 0.1) is 12.2 Å². The number of thiophene rings is 1. The average molecular weight is 319 g/mol. The van der Waals surface area contributed by atoms with E-state index >= 15 is 0 Å². The molecule has 0 aromatic carbocycles. The predicted molar refractivity (Wildman–Crippen MR) is 76.0 cm³/mol. The Morgan fingerprint density at radius 3 is 2.60 bits per heavy atom. The van der Waals surface area contributed by atoms with Gasteiger partial charge in [-0.25, -0.2) is 13.1 Å². The summed E-state index contributed by atoms with van der Waals surface area (Å²) in [7, 11) is -4.10. The highest BCUT2D eigenvalue weighted by Gasteiger charge is 2.34. The van der Waals surface area contributed by atoms with Gasteiger partial charge in [-0.05, 0) is 24.8 Å². The van der Waals surface area contributed by atoms with Crippen molar-refractivity contribution in [2.45, 2.75) is 31.9 Å². The first kappa shape index (κ1) is 16.6. The van der Waals surface area contributed by atoms with Crippen molar-refractivity contribution in [3.05, 3.63) is 22.4 Å². The van der Waals surface area contributed by atoms with Crippen LogP contribution in [0, 0.1) is 0 Å². The minimum Gasteiger partial charge on any atom is -0.465 e. The largest absolute Gasteiger partial charge is 0.465 e. The topological polar surface area (TPSA) is 89.5 Å². The second-order valence-corrected chi connectivity index (χ2v) is 6.66. The van der Waals surface area contributed by atoms with E-state index in [2.05, 4.69) is 0 Å². The Morgan fingerprint density at radius 1 is 1.40 bits per heavy atom. The van der Waals surface area contributed by atoms with Gasteiger partial charge in [0.15, 0.2) is 5.25 Å². The van der Waals surface area contributed by atoms with Gasteiger partial charge < -0.3 is 4.74 Å². The van der Waals surface area contributed by atoms with Gasteiger partial charge >= 0.3 is 5.97 Å². The van der Waals surface area contributed by atoms with E-state index in [1.54, 1.807) is 19.2 Å². The van der Waals surface area contributed by atoms with Crippen LogP contribution >= 0.6 is 11.3 Å². The molecule has 1 amide bonds. The normalized spacial score (nSPS) is 12.7. The molecule has 6 nitrogen and oxygen atoms in total. The van der Waals surface area contributed by atoms with Crippen molar-refractivity contribution >= 4 is 33.2 Å². The molecule has 0 aliphatic rings. The fourth-order valence-electron chi connectivity index (χ4n) is 1.55. The highest BCUT2D eigenvalue weighted by atomic mass is 32.2. The number of amides is 1. The van der Waals surface area contributed by atoms with E-state index in [0.717, 1.165) is 0 Å². The number of sulfonamides is 1. The Hall–Kier alpha value is -1.41. The van der Waals surface area contributed by atoms with Crippen LogP contribution in [0.15, 0.2) is 16.8 Å². The zero-order chi connectivity index (χ0) is 15.2. The highest BCUT2D eigenvalue weighted by molar-refractivity contribution is 7.91. The molecule has 1 rings (SSSR count). The first-order chi connectivity index (χ1) is 9.42. The number of ether oxygens (including phenoxy) is 1. The molecule has 0 spiro atoms. The molecule has 1 atom stereocenters. The fourth-order valence-corrected chi connectivity index (χ4v) is 3.57. The van der Waals surface area contributed by atoms with E-state index < -0.39 is 27.1 Å². The van der Waals surface area contributed by atoms with E-state index in [1.165, 1.54) is 22.8 Å². The molecule has 8 heteroatoms. The maximum absolute atomic E-state index is 12.1. The number of nitrogens with one attached hydrogen (secondary N) is 1. The van der Waals surface area contributed by atoms with Gasteiger partial charge in [0.25, 0.3) is 5.91 Å². The Kier molecular flexibility index (Phi) is 6.15. The molecular formula is C12H17NO5S2. The summed E-state index contributed by atoms with van der Waals surface area (Å²) in [4.78, 5) is 23.5. The Labute approximate surface area is 122 Å². The van der Waals surface area contributed by atoms with Gasteiger partial charge in [0.2, 0.25) is 10.0 Å². The number of rotatable bonds is 7. The summed E-state index contributed by atoms with van der Waals surface area (Å²) < 4.78 is 30.9. The van der Waals surface area contributed by atoms with E-state index in [-0.39, 0.29) is 18.6 Å². The third-order valence-electron chi connectivity index (χ3n) is 2.49. The second-order valence-electron chi connectivity index (χ2n) is 4.02. The fraction of sp³-hybridized carbons (Fsp3) is 0.500. The van der Waals surface area contributed by atoms with Gasteiger partial charge in [-0.3, -0.25) is 9.59 Å². The van der Waals surface area contributed by atoms with Crippen molar-refractivity contribution in [3.63, 3.8) is 0 Å². The van der Waals surface area contributed by atoms with Gasteiger partial charge in [0.1, 0.15) is 0 Å². The molecule has 1 heterocycles. The summed E-state index contributed by atoms with van der Waals surface area (Å²) in [5.41, 5.74) is 0.248. The molecule has 0 unspecified atom stereocenters. The van der Waals surface area contributed by atoms with Crippen LogP contribution in [0.2, 0.25) is 0 Å². The van der Waals surface area contributed by atoms with Crippen molar-refractivity contribution in [1.29, 1.82) is 0 Å². The zero-order valence-corrected chi connectivity index (χ0v) is 12.9. The van der Waals surface area contributed by atoms with E-state index in [9.17, 15) is 18.0 Å². The lowest BCUT2D eigenvalue weighted by Crippen LogP contribution is -2.43. The average Bonchev–Trinajstić information content (AvgIpc) is 2.89. The Balaban J connectivity index is 2.88. The minimum absolute atomic E-state index is 0.0903. The summed E-state index contributed by atoms with van der Waals surface area (Å²) in [6.45, 7) is 3.44. The monoisotopic (exact) mass is 319 g/mol.